The minimum Gasteiger partial charge on any atom is -0.476 e. The molecule has 0 aliphatic heterocycles. The van der Waals surface area contributed by atoms with Crippen molar-refractivity contribution in [3.63, 3.8) is 0 Å². The molecule has 1 aromatic heterocycles. The second-order valence-electron chi connectivity index (χ2n) is 4.21. The van der Waals surface area contributed by atoms with E-state index in [4.69, 9.17) is 5.11 Å². The minimum atomic E-state index is -0.995. The van der Waals surface area contributed by atoms with E-state index in [1.54, 1.807) is 4.68 Å². The van der Waals surface area contributed by atoms with Crippen molar-refractivity contribution < 1.29 is 9.90 Å². The molecule has 0 saturated carbocycles. The first kappa shape index (κ1) is 12.7. The lowest BCUT2D eigenvalue weighted by Crippen LogP contribution is -2.10. The molecule has 0 aromatic carbocycles. The van der Waals surface area contributed by atoms with Crippen molar-refractivity contribution >= 4 is 5.97 Å². The molecule has 0 spiro atoms. The third-order valence-corrected chi connectivity index (χ3v) is 2.50. The molecule has 16 heavy (non-hydrogen) atoms. The summed E-state index contributed by atoms with van der Waals surface area (Å²) < 4.78 is 1.73. The fraction of sp³-hybridized carbons (Fsp3) is 0.727. The molecule has 1 rings (SSSR count). The predicted octanol–water partition coefficient (Wildman–Crippen LogP) is 2.29. The zero-order chi connectivity index (χ0) is 12.1. The fourth-order valence-electron chi connectivity index (χ4n) is 1.72. The van der Waals surface area contributed by atoms with Crippen LogP contribution >= 0.6 is 0 Å². The Kier molecular flexibility index (Phi) is 4.46. The number of rotatable bonds is 6. The van der Waals surface area contributed by atoms with Crippen LogP contribution in [0, 0.1) is 0 Å². The van der Waals surface area contributed by atoms with E-state index < -0.39 is 5.97 Å². The molecule has 0 atom stereocenters. The maximum absolute atomic E-state index is 11.0. The monoisotopic (exact) mass is 225 g/mol. The molecule has 90 valence electrons. The summed E-state index contributed by atoms with van der Waals surface area (Å²) >= 11 is 0. The van der Waals surface area contributed by atoms with E-state index in [-0.39, 0.29) is 11.6 Å². The first-order valence-corrected chi connectivity index (χ1v) is 5.74. The van der Waals surface area contributed by atoms with Gasteiger partial charge in [0.05, 0.1) is 5.69 Å². The Morgan fingerprint density at radius 3 is 2.62 bits per heavy atom. The molecule has 0 fully saturated rings. The quantitative estimate of drug-likeness (QED) is 0.754. The standard InChI is InChI=1S/C11H19N3O2/c1-4-5-6-7-14-10(8(2)3)9(11(15)16)12-13-14/h8H,4-7H2,1-3H3,(H,15,16). The normalized spacial score (nSPS) is 11.0. The lowest BCUT2D eigenvalue weighted by molar-refractivity contribution is 0.0688. The van der Waals surface area contributed by atoms with Gasteiger partial charge in [0.15, 0.2) is 5.69 Å². The van der Waals surface area contributed by atoms with Crippen LogP contribution in [0.15, 0.2) is 0 Å². The first-order chi connectivity index (χ1) is 7.57. The van der Waals surface area contributed by atoms with Gasteiger partial charge in [-0.3, -0.25) is 0 Å². The van der Waals surface area contributed by atoms with Crippen molar-refractivity contribution in [2.45, 2.75) is 52.5 Å². The maximum Gasteiger partial charge on any atom is 0.358 e. The summed E-state index contributed by atoms with van der Waals surface area (Å²) in [6, 6.07) is 0. The summed E-state index contributed by atoms with van der Waals surface area (Å²) in [4.78, 5) is 11.0. The third-order valence-electron chi connectivity index (χ3n) is 2.50. The number of nitrogens with zero attached hydrogens (tertiary/aromatic N) is 3. The summed E-state index contributed by atoms with van der Waals surface area (Å²) in [5, 5.41) is 16.6. The molecule has 0 saturated heterocycles. The number of aromatic nitrogens is 3. The summed E-state index contributed by atoms with van der Waals surface area (Å²) in [5.74, 6) is -0.867. The van der Waals surface area contributed by atoms with E-state index in [1.807, 2.05) is 13.8 Å². The van der Waals surface area contributed by atoms with Gasteiger partial charge in [-0.25, -0.2) is 9.48 Å². The van der Waals surface area contributed by atoms with Crippen molar-refractivity contribution in [1.29, 1.82) is 0 Å². The van der Waals surface area contributed by atoms with Crippen LogP contribution in [0.3, 0.4) is 0 Å². The number of carbonyl (C=O) groups is 1. The predicted molar refractivity (Wildman–Crippen MR) is 60.6 cm³/mol. The number of unbranched alkanes of at least 4 members (excludes halogenated alkanes) is 2. The van der Waals surface area contributed by atoms with Crippen LogP contribution in [0.25, 0.3) is 0 Å². The maximum atomic E-state index is 11.0. The molecule has 1 aromatic rings. The van der Waals surface area contributed by atoms with E-state index in [0.717, 1.165) is 31.5 Å². The van der Waals surface area contributed by atoms with Crippen LogP contribution in [0.4, 0.5) is 0 Å². The van der Waals surface area contributed by atoms with Crippen molar-refractivity contribution in [1.82, 2.24) is 15.0 Å². The van der Waals surface area contributed by atoms with Gasteiger partial charge in [-0.1, -0.05) is 38.8 Å². The molecule has 0 radical (unpaired) electrons. The van der Waals surface area contributed by atoms with Gasteiger partial charge in [-0.2, -0.15) is 0 Å². The zero-order valence-corrected chi connectivity index (χ0v) is 10.1. The average Bonchev–Trinajstić information content (AvgIpc) is 2.62. The van der Waals surface area contributed by atoms with Crippen LogP contribution < -0.4 is 0 Å². The van der Waals surface area contributed by atoms with Crippen molar-refractivity contribution in [2.24, 2.45) is 0 Å². The zero-order valence-electron chi connectivity index (χ0n) is 10.1. The average molecular weight is 225 g/mol. The summed E-state index contributed by atoms with van der Waals surface area (Å²) in [5.41, 5.74) is 0.815. The Balaban J connectivity index is 2.87. The van der Waals surface area contributed by atoms with Gasteiger partial charge in [-0.15, -0.1) is 5.10 Å². The lowest BCUT2D eigenvalue weighted by atomic mass is 10.1. The van der Waals surface area contributed by atoms with Gasteiger partial charge in [-0.05, 0) is 12.3 Å². The number of carboxylic acids is 1. The molecule has 0 aliphatic rings. The molecule has 1 heterocycles. The van der Waals surface area contributed by atoms with Gasteiger partial charge >= 0.3 is 5.97 Å². The van der Waals surface area contributed by atoms with Crippen molar-refractivity contribution in [3.05, 3.63) is 11.4 Å². The minimum absolute atomic E-state index is 0.0894. The number of carboxylic acid groups (broad SMARTS) is 1. The van der Waals surface area contributed by atoms with Crippen molar-refractivity contribution in [2.75, 3.05) is 0 Å². The van der Waals surface area contributed by atoms with Gasteiger partial charge in [0, 0.05) is 6.54 Å². The molecule has 1 N–H and O–H groups in total. The van der Waals surface area contributed by atoms with Crippen LogP contribution in [0.2, 0.25) is 0 Å². The Bertz CT molecular complexity index is 358. The molecule has 0 amide bonds. The molecule has 0 bridgehead atoms. The van der Waals surface area contributed by atoms with Gasteiger partial charge < -0.3 is 5.11 Å². The van der Waals surface area contributed by atoms with Crippen LogP contribution in [0.1, 0.15) is 62.1 Å². The Morgan fingerprint density at radius 1 is 1.44 bits per heavy atom. The fourth-order valence-corrected chi connectivity index (χ4v) is 1.72. The van der Waals surface area contributed by atoms with E-state index in [1.165, 1.54) is 0 Å². The second kappa shape index (κ2) is 5.63. The summed E-state index contributed by atoms with van der Waals surface area (Å²) in [6.45, 7) is 6.80. The number of aryl methyl sites for hydroxylation is 1. The van der Waals surface area contributed by atoms with E-state index in [0.29, 0.717) is 0 Å². The second-order valence-corrected chi connectivity index (χ2v) is 4.21. The van der Waals surface area contributed by atoms with E-state index >= 15 is 0 Å². The highest BCUT2D eigenvalue weighted by atomic mass is 16.4. The van der Waals surface area contributed by atoms with Crippen LogP contribution in [0.5, 0.6) is 0 Å². The van der Waals surface area contributed by atoms with E-state index in [9.17, 15) is 4.79 Å². The number of hydrogen-bond donors (Lipinski definition) is 1. The highest BCUT2D eigenvalue weighted by molar-refractivity contribution is 5.86. The largest absolute Gasteiger partial charge is 0.476 e. The van der Waals surface area contributed by atoms with Gasteiger partial charge in [0.2, 0.25) is 0 Å². The Labute approximate surface area is 95.5 Å². The van der Waals surface area contributed by atoms with Gasteiger partial charge in [0.1, 0.15) is 0 Å². The molecule has 5 heteroatoms. The third kappa shape index (κ3) is 2.81. The Hall–Kier alpha value is -1.39. The van der Waals surface area contributed by atoms with Crippen molar-refractivity contribution in [3.8, 4) is 0 Å². The number of aromatic carboxylic acids is 1. The molecule has 0 aliphatic carbocycles. The SMILES string of the molecule is CCCCCn1nnc(C(=O)O)c1C(C)C. The van der Waals surface area contributed by atoms with E-state index in [2.05, 4.69) is 17.2 Å². The Morgan fingerprint density at radius 2 is 2.12 bits per heavy atom. The topological polar surface area (TPSA) is 68.0 Å². The number of hydrogen-bond acceptors (Lipinski definition) is 3. The van der Waals surface area contributed by atoms with Gasteiger partial charge in [0.25, 0.3) is 0 Å². The molecule has 0 unspecified atom stereocenters. The molecular formula is C11H19N3O2. The van der Waals surface area contributed by atoms with Crippen LogP contribution in [-0.4, -0.2) is 26.1 Å². The summed E-state index contributed by atoms with van der Waals surface area (Å²) in [6.07, 6.45) is 3.27. The highest BCUT2D eigenvalue weighted by Crippen LogP contribution is 2.18. The smallest absolute Gasteiger partial charge is 0.358 e. The highest BCUT2D eigenvalue weighted by Gasteiger charge is 2.20. The summed E-state index contributed by atoms with van der Waals surface area (Å²) in [7, 11) is 0. The molecular weight excluding hydrogens is 206 g/mol. The first-order valence-electron chi connectivity index (χ1n) is 5.74. The molecule has 5 nitrogen and oxygen atoms in total. The van der Waals surface area contributed by atoms with Crippen LogP contribution in [-0.2, 0) is 6.54 Å². The lowest BCUT2D eigenvalue weighted by Gasteiger charge is -2.09.